The Kier molecular flexibility index (Phi) is 3.18. The summed E-state index contributed by atoms with van der Waals surface area (Å²) in [4.78, 5) is 19.2. The summed E-state index contributed by atoms with van der Waals surface area (Å²) in [5, 5.41) is 4.20. The van der Waals surface area contributed by atoms with E-state index in [0.29, 0.717) is 11.1 Å². The Bertz CT molecular complexity index is 756. The van der Waals surface area contributed by atoms with Crippen molar-refractivity contribution in [3.8, 4) is 10.4 Å². The van der Waals surface area contributed by atoms with Crippen molar-refractivity contribution >= 4 is 22.4 Å². The predicted molar refractivity (Wildman–Crippen MR) is 75.6 cm³/mol. The first-order valence-electron chi connectivity index (χ1n) is 5.99. The van der Waals surface area contributed by atoms with E-state index in [4.69, 9.17) is 4.42 Å². The van der Waals surface area contributed by atoms with E-state index < -0.39 is 5.76 Å². The fraction of sp³-hybridized carbons (Fsp3) is 0.231. The summed E-state index contributed by atoms with van der Waals surface area (Å²) in [6.07, 6.45) is 2.78. The molecule has 0 unspecified atom stereocenters. The highest BCUT2D eigenvalue weighted by molar-refractivity contribution is 7.15. The van der Waals surface area contributed by atoms with Gasteiger partial charge in [-0.2, -0.15) is 0 Å². The van der Waals surface area contributed by atoms with Crippen LogP contribution in [0.1, 0.15) is 5.01 Å². The molecule has 3 aromatic rings. The number of H-pyrrole nitrogens is 1. The van der Waals surface area contributed by atoms with Crippen LogP contribution in [0.2, 0.25) is 0 Å². The average Bonchev–Trinajstić information content (AvgIpc) is 3.00. The van der Waals surface area contributed by atoms with Crippen molar-refractivity contribution in [3.63, 3.8) is 0 Å². The van der Waals surface area contributed by atoms with Crippen LogP contribution in [0.3, 0.4) is 0 Å². The normalized spacial score (nSPS) is 11.2. The molecule has 0 saturated heterocycles. The highest BCUT2D eigenvalue weighted by atomic mass is 32.1. The van der Waals surface area contributed by atoms with Gasteiger partial charge in [-0.25, -0.2) is 9.78 Å². The SMILES string of the molecule is CNCCc1ncc(-c2ccc3[nH]c(=O)oc3c2)s1. The van der Waals surface area contributed by atoms with Crippen molar-refractivity contribution in [1.82, 2.24) is 15.3 Å². The number of likely N-dealkylation sites (N-methyl/N-ethyl adjacent to an activating group) is 1. The Balaban J connectivity index is 1.94. The maximum atomic E-state index is 11.1. The number of fused-ring (bicyclic) bond motifs is 1. The third-order valence-electron chi connectivity index (χ3n) is 2.85. The van der Waals surface area contributed by atoms with Gasteiger partial charge in [0.1, 0.15) is 0 Å². The molecule has 5 nitrogen and oxygen atoms in total. The molecule has 0 aliphatic heterocycles. The van der Waals surface area contributed by atoms with E-state index in [9.17, 15) is 4.79 Å². The highest BCUT2D eigenvalue weighted by Crippen LogP contribution is 2.28. The summed E-state index contributed by atoms with van der Waals surface area (Å²) in [5.41, 5.74) is 2.31. The largest absolute Gasteiger partial charge is 0.417 e. The molecule has 0 radical (unpaired) electrons. The molecule has 6 heteroatoms. The monoisotopic (exact) mass is 275 g/mol. The lowest BCUT2D eigenvalue weighted by Crippen LogP contribution is -2.09. The molecule has 19 heavy (non-hydrogen) atoms. The summed E-state index contributed by atoms with van der Waals surface area (Å²) in [5.74, 6) is -0.425. The summed E-state index contributed by atoms with van der Waals surface area (Å²) in [7, 11) is 1.93. The quantitative estimate of drug-likeness (QED) is 0.764. The molecule has 0 amide bonds. The third kappa shape index (κ3) is 2.45. The number of nitrogens with one attached hydrogen (secondary N) is 2. The minimum Gasteiger partial charge on any atom is -0.408 e. The molecule has 0 spiro atoms. The van der Waals surface area contributed by atoms with Gasteiger partial charge in [0.15, 0.2) is 5.58 Å². The first-order chi connectivity index (χ1) is 9.26. The predicted octanol–water partition coefficient (Wildman–Crippen LogP) is 2.01. The molecule has 0 bridgehead atoms. The van der Waals surface area contributed by atoms with Crippen LogP contribution in [0.4, 0.5) is 0 Å². The third-order valence-corrected chi connectivity index (χ3v) is 3.95. The molecule has 0 aliphatic rings. The summed E-state index contributed by atoms with van der Waals surface area (Å²) < 4.78 is 5.06. The highest BCUT2D eigenvalue weighted by Gasteiger charge is 2.07. The summed E-state index contributed by atoms with van der Waals surface area (Å²) >= 11 is 1.66. The Morgan fingerprint density at radius 1 is 1.47 bits per heavy atom. The lowest BCUT2D eigenvalue weighted by molar-refractivity contribution is 0.555. The summed E-state index contributed by atoms with van der Waals surface area (Å²) in [6.45, 7) is 0.915. The van der Waals surface area contributed by atoms with E-state index in [1.165, 1.54) is 0 Å². The van der Waals surface area contributed by atoms with Crippen LogP contribution in [0.5, 0.6) is 0 Å². The second-order valence-corrected chi connectivity index (χ2v) is 5.31. The molecule has 2 aromatic heterocycles. The van der Waals surface area contributed by atoms with Crippen LogP contribution >= 0.6 is 11.3 Å². The van der Waals surface area contributed by atoms with Crippen molar-refractivity contribution in [1.29, 1.82) is 0 Å². The Labute approximate surface area is 113 Å². The average molecular weight is 275 g/mol. The van der Waals surface area contributed by atoms with Gasteiger partial charge in [0.05, 0.1) is 15.4 Å². The fourth-order valence-electron chi connectivity index (χ4n) is 1.89. The van der Waals surface area contributed by atoms with Gasteiger partial charge in [0, 0.05) is 19.2 Å². The first-order valence-corrected chi connectivity index (χ1v) is 6.80. The number of hydrogen-bond acceptors (Lipinski definition) is 5. The molecule has 2 heterocycles. The number of aromatic amines is 1. The lowest BCUT2D eigenvalue weighted by Gasteiger charge is -1.96. The van der Waals surface area contributed by atoms with Crippen molar-refractivity contribution in [2.24, 2.45) is 0 Å². The van der Waals surface area contributed by atoms with Gasteiger partial charge < -0.3 is 9.73 Å². The van der Waals surface area contributed by atoms with Gasteiger partial charge in [0.25, 0.3) is 0 Å². The molecule has 98 valence electrons. The topological polar surface area (TPSA) is 70.9 Å². The Morgan fingerprint density at radius 2 is 2.37 bits per heavy atom. The summed E-state index contributed by atoms with van der Waals surface area (Å²) in [6, 6.07) is 5.67. The number of rotatable bonds is 4. The molecule has 0 fully saturated rings. The second kappa shape index (κ2) is 4.99. The molecular formula is C13H13N3O2S. The first kappa shape index (κ1) is 12.1. The van der Waals surface area contributed by atoms with Crippen LogP contribution in [-0.4, -0.2) is 23.6 Å². The van der Waals surface area contributed by atoms with Gasteiger partial charge in [-0.15, -0.1) is 11.3 Å². The molecule has 2 N–H and O–H groups in total. The van der Waals surface area contributed by atoms with E-state index in [1.54, 1.807) is 11.3 Å². The van der Waals surface area contributed by atoms with Gasteiger partial charge >= 0.3 is 5.76 Å². The zero-order valence-electron chi connectivity index (χ0n) is 10.4. The van der Waals surface area contributed by atoms with Crippen molar-refractivity contribution in [2.75, 3.05) is 13.6 Å². The van der Waals surface area contributed by atoms with Gasteiger partial charge in [0.2, 0.25) is 0 Å². The van der Waals surface area contributed by atoms with Gasteiger partial charge in [-0.1, -0.05) is 6.07 Å². The van der Waals surface area contributed by atoms with Crippen molar-refractivity contribution in [3.05, 3.63) is 40.0 Å². The van der Waals surface area contributed by atoms with Crippen LogP contribution in [-0.2, 0) is 6.42 Å². The van der Waals surface area contributed by atoms with E-state index in [0.717, 1.165) is 28.4 Å². The maximum Gasteiger partial charge on any atom is 0.417 e. The van der Waals surface area contributed by atoms with E-state index in [1.807, 2.05) is 31.4 Å². The number of thiazole rings is 1. The number of hydrogen-bond donors (Lipinski definition) is 2. The molecule has 0 aliphatic carbocycles. The molecule has 1 aromatic carbocycles. The Hall–Kier alpha value is -1.92. The lowest BCUT2D eigenvalue weighted by atomic mass is 10.2. The molecule has 3 rings (SSSR count). The molecule has 0 saturated carbocycles. The maximum absolute atomic E-state index is 11.1. The Morgan fingerprint density at radius 3 is 3.21 bits per heavy atom. The standard InChI is InChI=1S/C13H13N3O2S/c1-14-5-4-12-15-7-11(19-12)8-2-3-9-10(6-8)18-13(17)16-9/h2-3,6-7,14H,4-5H2,1H3,(H,16,17). The van der Waals surface area contributed by atoms with Crippen molar-refractivity contribution in [2.45, 2.75) is 6.42 Å². The van der Waals surface area contributed by atoms with Crippen LogP contribution < -0.4 is 11.1 Å². The van der Waals surface area contributed by atoms with E-state index >= 15 is 0 Å². The van der Waals surface area contributed by atoms with Crippen LogP contribution in [0.15, 0.2) is 33.6 Å². The number of oxazole rings is 1. The van der Waals surface area contributed by atoms with E-state index in [-0.39, 0.29) is 0 Å². The minimum atomic E-state index is -0.425. The van der Waals surface area contributed by atoms with Gasteiger partial charge in [-0.05, 0) is 24.7 Å². The van der Waals surface area contributed by atoms with Gasteiger partial charge in [-0.3, -0.25) is 4.98 Å². The van der Waals surface area contributed by atoms with E-state index in [2.05, 4.69) is 15.3 Å². The van der Waals surface area contributed by atoms with Crippen LogP contribution in [0.25, 0.3) is 21.5 Å². The van der Waals surface area contributed by atoms with Crippen molar-refractivity contribution < 1.29 is 4.42 Å². The fourth-order valence-corrected chi connectivity index (χ4v) is 2.80. The number of aromatic nitrogens is 2. The number of nitrogens with zero attached hydrogens (tertiary/aromatic N) is 1. The smallest absolute Gasteiger partial charge is 0.408 e. The number of benzene rings is 1. The molecule has 0 atom stereocenters. The zero-order valence-corrected chi connectivity index (χ0v) is 11.2. The second-order valence-electron chi connectivity index (χ2n) is 4.20. The van der Waals surface area contributed by atoms with Crippen LogP contribution in [0, 0.1) is 0 Å². The zero-order chi connectivity index (χ0) is 13.2. The molecular weight excluding hydrogens is 262 g/mol. The minimum absolute atomic E-state index is 0.425.